The third-order valence-corrected chi connectivity index (χ3v) is 8.75. The molecule has 0 saturated carbocycles. The highest BCUT2D eigenvalue weighted by Gasteiger charge is 2.38. The number of carbonyl (C=O) groups is 2. The predicted octanol–water partition coefficient (Wildman–Crippen LogP) is 2.00. The number of nitrogens with one attached hydrogen (secondary N) is 2. The van der Waals surface area contributed by atoms with Crippen molar-refractivity contribution in [1.82, 2.24) is 0 Å². The number of benzene rings is 2. The molecule has 1 saturated heterocycles. The smallest absolute Gasteiger partial charge is 0.258 e. The van der Waals surface area contributed by atoms with Crippen LogP contribution in [0.25, 0.3) is 0 Å². The van der Waals surface area contributed by atoms with Gasteiger partial charge in [0.2, 0.25) is 5.91 Å². The van der Waals surface area contributed by atoms with Crippen LogP contribution in [0.3, 0.4) is 0 Å². The Balaban J connectivity index is 1.87. The van der Waals surface area contributed by atoms with Crippen molar-refractivity contribution in [3.05, 3.63) is 53.8 Å². The number of hydrogen-bond acceptors (Lipinski definition) is 6. The lowest BCUT2D eigenvalue weighted by molar-refractivity contribution is -0.114. The third-order valence-electron chi connectivity index (χ3n) is 4.58. The maximum atomic E-state index is 14.3. The highest BCUT2D eigenvalue weighted by atomic mass is 32.2. The molecular formula is C19H19FN2O6S2. The maximum absolute atomic E-state index is 14.3. The lowest BCUT2D eigenvalue weighted by atomic mass is 10.2. The van der Waals surface area contributed by atoms with Gasteiger partial charge in [0.05, 0.1) is 27.2 Å². The topological polar surface area (TPSA) is 126 Å². The van der Waals surface area contributed by atoms with Crippen LogP contribution in [0.2, 0.25) is 0 Å². The normalized spacial score (nSPS) is 18.0. The summed E-state index contributed by atoms with van der Waals surface area (Å²) in [6, 6.07) is 8.93. The van der Waals surface area contributed by atoms with Crippen LogP contribution in [0, 0.1) is 5.82 Å². The second-order valence-corrected chi connectivity index (χ2v) is 11.4. The van der Waals surface area contributed by atoms with Crippen LogP contribution in [-0.4, -0.2) is 45.4 Å². The summed E-state index contributed by atoms with van der Waals surface area (Å²) < 4.78 is 63.0. The monoisotopic (exact) mass is 454 g/mol. The zero-order chi connectivity index (χ0) is 22.1. The van der Waals surface area contributed by atoms with E-state index in [0.29, 0.717) is 5.69 Å². The van der Waals surface area contributed by atoms with Crippen LogP contribution in [-0.2, 0) is 24.5 Å². The molecule has 11 heteroatoms. The average Bonchev–Trinajstić information content (AvgIpc) is 3.02. The second kappa shape index (κ2) is 8.15. The van der Waals surface area contributed by atoms with Gasteiger partial charge in [0.15, 0.2) is 19.7 Å². The zero-order valence-electron chi connectivity index (χ0n) is 15.9. The zero-order valence-corrected chi connectivity index (χ0v) is 17.5. The summed E-state index contributed by atoms with van der Waals surface area (Å²) in [6.07, 6.45) is -0.0421. The molecule has 2 aromatic rings. The van der Waals surface area contributed by atoms with Crippen LogP contribution in [0.1, 0.15) is 23.7 Å². The molecule has 1 aliphatic heterocycles. The van der Waals surface area contributed by atoms with Crippen molar-refractivity contribution in [2.75, 3.05) is 22.1 Å². The Hall–Kier alpha value is -2.79. The summed E-state index contributed by atoms with van der Waals surface area (Å²) in [5.41, 5.74) is 0.183. The Morgan fingerprint density at radius 2 is 1.73 bits per heavy atom. The number of rotatable bonds is 5. The van der Waals surface area contributed by atoms with E-state index in [0.717, 1.165) is 18.2 Å². The first-order chi connectivity index (χ1) is 14.0. The first kappa shape index (κ1) is 21.9. The van der Waals surface area contributed by atoms with Crippen LogP contribution < -0.4 is 10.6 Å². The van der Waals surface area contributed by atoms with Gasteiger partial charge in [0.1, 0.15) is 5.82 Å². The van der Waals surface area contributed by atoms with Gasteiger partial charge in [-0.1, -0.05) is 6.07 Å². The molecule has 0 aliphatic carbocycles. The highest BCUT2D eigenvalue weighted by Crippen LogP contribution is 2.27. The molecule has 2 amide bonds. The first-order valence-electron chi connectivity index (χ1n) is 8.91. The molecule has 0 radical (unpaired) electrons. The van der Waals surface area contributed by atoms with Gasteiger partial charge in [-0.05, 0) is 42.8 Å². The molecule has 1 fully saturated rings. The van der Waals surface area contributed by atoms with Gasteiger partial charge >= 0.3 is 0 Å². The van der Waals surface area contributed by atoms with Crippen molar-refractivity contribution in [3.63, 3.8) is 0 Å². The number of anilines is 2. The van der Waals surface area contributed by atoms with Gasteiger partial charge in [0.25, 0.3) is 5.91 Å². The van der Waals surface area contributed by atoms with Crippen molar-refractivity contribution in [3.8, 4) is 0 Å². The minimum absolute atomic E-state index is 0.0421. The van der Waals surface area contributed by atoms with E-state index in [1.807, 2.05) is 0 Å². The van der Waals surface area contributed by atoms with Crippen molar-refractivity contribution >= 4 is 42.9 Å². The van der Waals surface area contributed by atoms with Crippen LogP contribution >= 0.6 is 0 Å². The van der Waals surface area contributed by atoms with Gasteiger partial charge < -0.3 is 10.6 Å². The highest BCUT2D eigenvalue weighted by molar-refractivity contribution is 7.96. The van der Waals surface area contributed by atoms with Crippen molar-refractivity contribution in [2.24, 2.45) is 0 Å². The van der Waals surface area contributed by atoms with Gasteiger partial charge in [-0.3, -0.25) is 9.59 Å². The van der Waals surface area contributed by atoms with E-state index in [4.69, 9.17) is 0 Å². The Morgan fingerprint density at radius 3 is 2.33 bits per heavy atom. The molecular weight excluding hydrogens is 435 g/mol. The molecule has 3 rings (SSSR count). The second-order valence-electron chi connectivity index (χ2n) is 6.93. The average molecular weight is 455 g/mol. The standard InChI is InChI=1S/C19H19FN2O6S2/c1-12(23)21-13-3-2-4-14(9-13)22-19(24)17-10-15(5-6-18(17)20)30(27,28)16-7-8-29(25,26)11-16/h2-6,9-10,16H,7-8,11H2,1H3,(H,21,23)(H,22,24). The Labute approximate surface area is 173 Å². The molecule has 160 valence electrons. The summed E-state index contributed by atoms with van der Waals surface area (Å²) in [5.74, 6) is -2.84. The predicted molar refractivity (Wildman–Crippen MR) is 109 cm³/mol. The fourth-order valence-corrected chi connectivity index (χ4v) is 7.51. The molecule has 2 N–H and O–H groups in total. The molecule has 30 heavy (non-hydrogen) atoms. The lowest BCUT2D eigenvalue weighted by Gasteiger charge is -2.12. The molecule has 0 spiro atoms. The summed E-state index contributed by atoms with van der Waals surface area (Å²) in [4.78, 5) is 23.4. The number of hydrogen-bond donors (Lipinski definition) is 2. The minimum atomic E-state index is -4.05. The molecule has 0 bridgehead atoms. The van der Waals surface area contributed by atoms with Crippen molar-refractivity contribution in [1.29, 1.82) is 0 Å². The minimum Gasteiger partial charge on any atom is -0.326 e. The molecule has 1 atom stereocenters. The third kappa shape index (κ3) is 4.85. The van der Waals surface area contributed by atoms with E-state index >= 15 is 0 Å². The quantitative estimate of drug-likeness (QED) is 0.666. The van der Waals surface area contributed by atoms with Gasteiger partial charge in [-0.15, -0.1) is 0 Å². The number of amides is 2. The Morgan fingerprint density at radius 1 is 1.07 bits per heavy atom. The van der Waals surface area contributed by atoms with Crippen LogP contribution in [0.4, 0.5) is 15.8 Å². The summed E-state index contributed by atoms with van der Waals surface area (Å²) >= 11 is 0. The summed E-state index contributed by atoms with van der Waals surface area (Å²) in [7, 11) is -7.49. The maximum Gasteiger partial charge on any atom is 0.258 e. The van der Waals surface area contributed by atoms with Crippen molar-refractivity contribution in [2.45, 2.75) is 23.5 Å². The van der Waals surface area contributed by atoms with Gasteiger partial charge in [-0.2, -0.15) is 0 Å². The number of carbonyl (C=O) groups excluding carboxylic acids is 2. The van der Waals surface area contributed by atoms with E-state index in [2.05, 4.69) is 10.6 Å². The summed E-state index contributed by atoms with van der Waals surface area (Å²) in [5, 5.41) is 3.87. The molecule has 8 nitrogen and oxygen atoms in total. The molecule has 1 unspecified atom stereocenters. The van der Waals surface area contributed by atoms with Gasteiger partial charge in [0, 0.05) is 18.3 Å². The molecule has 2 aromatic carbocycles. The van der Waals surface area contributed by atoms with E-state index in [1.165, 1.54) is 19.1 Å². The number of halogens is 1. The largest absolute Gasteiger partial charge is 0.326 e. The van der Waals surface area contributed by atoms with E-state index < -0.39 is 48.0 Å². The summed E-state index contributed by atoms with van der Waals surface area (Å²) in [6.45, 7) is 1.32. The molecule has 0 aromatic heterocycles. The molecule has 1 aliphatic rings. The lowest BCUT2D eigenvalue weighted by Crippen LogP contribution is -2.23. The van der Waals surface area contributed by atoms with Crippen LogP contribution in [0.15, 0.2) is 47.4 Å². The van der Waals surface area contributed by atoms with Crippen LogP contribution in [0.5, 0.6) is 0 Å². The Bertz CT molecular complexity index is 1230. The Kier molecular flexibility index (Phi) is 5.95. The fraction of sp³-hybridized carbons (Fsp3) is 0.263. The van der Waals surface area contributed by atoms with Gasteiger partial charge in [-0.25, -0.2) is 21.2 Å². The van der Waals surface area contributed by atoms with E-state index in [-0.39, 0.29) is 28.7 Å². The fourth-order valence-electron chi connectivity index (χ4n) is 3.13. The van der Waals surface area contributed by atoms with Crippen molar-refractivity contribution < 1.29 is 30.8 Å². The SMILES string of the molecule is CC(=O)Nc1cccc(NC(=O)c2cc(S(=O)(=O)C3CCS(=O)(=O)C3)ccc2F)c1. The number of sulfone groups is 2. The molecule has 1 heterocycles. The van der Waals surface area contributed by atoms with E-state index in [9.17, 15) is 30.8 Å². The van der Waals surface area contributed by atoms with E-state index in [1.54, 1.807) is 12.1 Å². The first-order valence-corrected chi connectivity index (χ1v) is 12.3.